The average molecular weight is 229 g/mol. The third kappa shape index (κ3) is 2.79. The minimum Gasteiger partial charge on any atom is -0.482 e. The molecule has 0 fully saturated rings. The van der Waals surface area contributed by atoms with Gasteiger partial charge in [0.1, 0.15) is 11.9 Å². The molecule has 0 aliphatic heterocycles. The smallest absolute Gasteiger partial charge is 0.143 e. The lowest BCUT2D eigenvalue weighted by Gasteiger charge is -2.15. The van der Waals surface area contributed by atoms with E-state index < -0.39 is 0 Å². The molecule has 2 aromatic rings. The minimum atomic E-state index is -0.120. The molecule has 2 heterocycles. The second kappa shape index (κ2) is 5.41. The molecular formula is C13H15N3O. The fourth-order valence-corrected chi connectivity index (χ4v) is 1.55. The maximum Gasteiger partial charge on any atom is 0.143 e. The van der Waals surface area contributed by atoms with Crippen molar-refractivity contribution in [1.82, 2.24) is 9.97 Å². The molecular weight excluding hydrogens is 214 g/mol. The predicted molar refractivity (Wildman–Crippen MR) is 65.4 cm³/mol. The fourth-order valence-electron chi connectivity index (χ4n) is 1.55. The Bertz CT molecular complexity index is 473. The number of rotatable bonds is 4. The van der Waals surface area contributed by atoms with E-state index in [9.17, 15) is 0 Å². The molecule has 2 rings (SSSR count). The summed E-state index contributed by atoms with van der Waals surface area (Å²) in [5, 5.41) is 0. The van der Waals surface area contributed by atoms with Gasteiger partial charge in [-0.15, -0.1) is 0 Å². The average Bonchev–Trinajstić information content (AvgIpc) is 2.40. The SMILES string of the molecule is C[C@H](Oc1cnccc1CN)c1ccccn1. The molecule has 0 spiro atoms. The first-order valence-corrected chi connectivity index (χ1v) is 5.52. The first kappa shape index (κ1) is 11.5. The lowest BCUT2D eigenvalue weighted by Crippen LogP contribution is -2.08. The van der Waals surface area contributed by atoms with Crippen LogP contribution in [0.5, 0.6) is 5.75 Å². The van der Waals surface area contributed by atoms with Crippen LogP contribution in [0.15, 0.2) is 42.9 Å². The van der Waals surface area contributed by atoms with E-state index in [4.69, 9.17) is 10.5 Å². The van der Waals surface area contributed by atoms with Crippen LogP contribution in [0.3, 0.4) is 0 Å². The quantitative estimate of drug-likeness (QED) is 0.871. The Hall–Kier alpha value is -1.94. The van der Waals surface area contributed by atoms with Crippen LogP contribution in [0, 0.1) is 0 Å². The number of nitrogens with two attached hydrogens (primary N) is 1. The molecule has 0 amide bonds. The van der Waals surface area contributed by atoms with E-state index in [-0.39, 0.29) is 6.10 Å². The van der Waals surface area contributed by atoms with Gasteiger partial charge >= 0.3 is 0 Å². The second-order valence-electron chi connectivity index (χ2n) is 3.70. The van der Waals surface area contributed by atoms with Gasteiger partial charge in [-0.2, -0.15) is 0 Å². The largest absolute Gasteiger partial charge is 0.482 e. The van der Waals surface area contributed by atoms with E-state index in [1.165, 1.54) is 0 Å². The van der Waals surface area contributed by atoms with Gasteiger partial charge in [-0.3, -0.25) is 9.97 Å². The molecule has 0 radical (unpaired) electrons. The molecule has 0 unspecified atom stereocenters. The molecule has 2 aromatic heterocycles. The second-order valence-corrected chi connectivity index (χ2v) is 3.70. The summed E-state index contributed by atoms with van der Waals surface area (Å²) >= 11 is 0. The van der Waals surface area contributed by atoms with Gasteiger partial charge in [0.25, 0.3) is 0 Å². The first-order valence-electron chi connectivity index (χ1n) is 5.52. The summed E-state index contributed by atoms with van der Waals surface area (Å²) in [7, 11) is 0. The Morgan fingerprint density at radius 1 is 1.29 bits per heavy atom. The summed E-state index contributed by atoms with van der Waals surface area (Å²) < 4.78 is 5.82. The van der Waals surface area contributed by atoms with E-state index in [1.807, 2.05) is 31.2 Å². The number of ether oxygens (including phenoxy) is 1. The van der Waals surface area contributed by atoms with Crippen molar-refractivity contribution in [1.29, 1.82) is 0 Å². The molecule has 0 saturated carbocycles. The number of hydrogen-bond acceptors (Lipinski definition) is 4. The van der Waals surface area contributed by atoms with Gasteiger partial charge in [-0.05, 0) is 25.1 Å². The van der Waals surface area contributed by atoms with E-state index in [2.05, 4.69) is 9.97 Å². The summed E-state index contributed by atoms with van der Waals surface area (Å²) in [5.41, 5.74) is 7.48. The van der Waals surface area contributed by atoms with Crippen molar-refractivity contribution in [3.63, 3.8) is 0 Å². The lowest BCUT2D eigenvalue weighted by atomic mass is 10.2. The Labute approximate surface area is 100 Å². The van der Waals surface area contributed by atoms with Gasteiger partial charge in [0.15, 0.2) is 0 Å². The third-order valence-corrected chi connectivity index (χ3v) is 2.50. The summed E-state index contributed by atoms with van der Waals surface area (Å²) in [5.74, 6) is 0.716. The summed E-state index contributed by atoms with van der Waals surface area (Å²) in [6, 6.07) is 7.62. The van der Waals surface area contributed by atoms with Crippen molar-refractivity contribution in [2.24, 2.45) is 5.73 Å². The van der Waals surface area contributed by atoms with Crippen LogP contribution in [0.4, 0.5) is 0 Å². The number of hydrogen-bond donors (Lipinski definition) is 1. The molecule has 0 bridgehead atoms. The van der Waals surface area contributed by atoms with Crippen LogP contribution in [0.25, 0.3) is 0 Å². The predicted octanol–water partition coefficient (Wildman–Crippen LogP) is 2.08. The molecule has 0 aliphatic carbocycles. The summed E-state index contributed by atoms with van der Waals surface area (Å²) in [6.07, 6.45) is 5.02. The van der Waals surface area contributed by atoms with Gasteiger partial charge in [0.05, 0.1) is 11.9 Å². The fraction of sp³-hybridized carbons (Fsp3) is 0.231. The van der Waals surface area contributed by atoms with E-state index in [0.717, 1.165) is 11.3 Å². The van der Waals surface area contributed by atoms with Gasteiger partial charge < -0.3 is 10.5 Å². The molecule has 2 N–H and O–H groups in total. The number of nitrogens with zero attached hydrogens (tertiary/aromatic N) is 2. The van der Waals surface area contributed by atoms with Crippen molar-refractivity contribution in [3.8, 4) is 5.75 Å². The van der Waals surface area contributed by atoms with Crippen LogP contribution in [0.2, 0.25) is 0 Å². The normalized spacial score (nSPS) is 12.1. The van der Waals surface area contributed by atoms with Crippen molar-refractivity contribution in [2.75, 3.05) is 0 Å². The Balaban J connectivity index is 2.16. The molecule has 17 heavy (non-hydrogen) atoms. The van der Waals surface area contributed by atoms with Crippen LogP contribution < -0.4 is 10.5 Å². The van der Waals surface area contributed by atoms with Crippen molar-refractivity contribution < 1.29 is 4.74 Å². The van der Waals surface area contributed by atoms with Gasteiger partial charge in [-0.1, -0.05) is 6.07 Å². The zero-order valence-corrected chi connectivity index (χ0v) is 9.71. The molecule has 1 atom stereocenters. The third-order valence-electron chi connectivity index (χ3n) is 2.50. The van der Waals surface area contributed by atoms with Gasteiger partial charge in [-0.25, -0.2) is 0 Å². The van der Waals surface area contributed by atoms with Crippen LogP contribution in [-0.4, -0.2) is 9.97 Å². The van der Waals surface area contributed by atoms with E-state index in [1.54, 1.807) is 18.6 Å². The molecule has 88 valence electrons. The molecule has 0 saturated heterocycles. The molecule has 4 heteroatoms. The zero-order chi connectivity index (χ0) is 12.1. The Morgan fingerprint density at radius 3 is 2.88 bits per heavy atom. The van der Waals surface area contributed by atoms with Crippen molar-refractivity contribution in [3.05, 3.63) is 54.1 Å². The molecule has 0 aliphatic rings. The summed E-state index contributed by atoms with van der Waals surface area (Å²) in [4.78, 5) is 8.29. The number of pyridine rings is 2. The van der Waals surface area contributed by atoms with Crippen molar-refractivity contribution >= 4 is 0 Å². The lowest BCUT2D eigenvalue weighted by molar-refractivity contribution is 0.219. The zero-order valence-electron chi connectivity index (χ0n) is 9.71. The van der Waals surface area contributed by atoms with E-state index >= 15 is 0 Å². The Morgan fingerprint density at radius 2 is 2.18 bits per heavy atom. The van der Waals surface area contributed by atoms with Gasteiger partial charge in [0, 0.05) is 24.5 Å². The Kier molecular flexibility index (Phi) is 3.67. The van der Waals surface area contributed by atoms with Crippen LogP contribution in [0.1, 0.15) is 24.3 Å². The monoisotopic (exact) mass is 229 g/mol. The highest BCUT2D eigenvalue weighted by atomic mass is 16.5. The van der Waals surface area contributed by atoms with Crippen molar-refractivity contribution in [2.45, 2.75) is 19.6 Å². The summed E-state index contributed by atoms with van der Waals surface area (Å²) in [6.45, 7) is 2.39. The molecule has 0 aromatic carbocycles. The van der Waals surface area contributed by atoms with E-state index in [0.29, 0.717) is 12.3 Å². The first-order chi connectivity index (χ1) is 8.31. The highest BCUT2D eigenvalue weighted by molar-refractivity contribution is 5.30. The maximum absolute atomic E-state index is 5.82. The topological polar surface area (TPSA) is 61.0 Å². The van der Waals surface area contributed by atoms with Gasteiger partial charge in [0.2, 0.25) is 0 Å². The maximum atomic E-state index is 5.82. The standard InChI is InChI=1S/C13H15N3O/c1-10(12-4-2-3-6-16-12)17-13-9-15-7-5-11(13)8-14/h2-7,9-10H,8,14H2,1H3/t10-/m0/s1. The molecule has 4 nitrogen and oxygen atoms in total. The van der Waals surface area contributed by atoms with Crippen LogP contribution >= 0.6 is 0 Å². The highest BCUT2D eigenvalue weighted by Crippen LogP contribution is 2.22. The van der Waals surface area contributed by atoms with Crippen LogP contribution in [-0.2, 0) is 6.54 Å². The minimum absolute atomic E-state index is 0.120. The number of aromatic nitrogens is 2. The highest BCUT2D eigenvalue weighted by Gasteiger charge is 2.10.